The normalized spacial score (nSPS) is 16.9. The summed E-state index contributed by atoms with van der Waals surface area (Å²) in [6.07, 6.45) is 1.10. The molecule has 0 amide bonds. The third-order valence-electron chi connectivity index (χ3n) is 1.28. The molecule has 1 aliphatic heterocycles. The van der Waals surface area contributed by atoms with E-state index in [1.165, 1.54) is 0 Å². The van der Waals surface area contributed by atoms with Gasteiger partial charge in [0, 0.05) is 42.3 Å². The Hall–Kier alpha value is 0.310. The van der Waals surface area contributed by atoms with Crippen LogP contribution in [0.5, 0.6) is 0 Å². The number of hydrogen-bond donors (Lipinski definition) is 2. The SMILES string of the molecule is C1CNCCN1.CCCOP. The Labute approximate surface area is 71.6 Å². The number of nitrogens with one attached hydrogen (secondary N) is 2. The second-order valence-electron chi connectivity index (χ2n) is 2.37. The molecule has 2 N–H and O–H groups in total. The summed E-state index contributed by atoms with van der Waals surface area (Å²) in [7, 11) is 2.20. The quantitative estimate of drug-likeness (QED) is 0.600. The first-order valence-electron chi connectivity index (χ1n) is 4.15. The Kier molecular flexibility index (Phi) is 10.6. The lowest BCUT2D eigenvalue weighted by atomic mass is 10.4. The van der Waals surface area contributed by atoms with Crippen LogP contribution in [0.2, 0.25) is 0 Å². The third-order valence-corrected chi connectivity index (χ3v) is 1.51. The summed E-state index contributed by atoms with van der Waals surface area (Å²) in [5, 5.41) is 6.44. The molecule has 1 fully saturated rings. The summed E-state index contributed by atoms with van der Waals surface area (Å²) in [6, 6.07) is 0. The number of rotatable bonds is 2. The maximum Gasteiger partial charge on any atom is 0.0499 e. The average Bonchev–Trinajstić information content (AvgIpc) is 2.10. The maximum atomic E-state index is 4.61. The van der Waals surface area contributed by atoms with E-state index in [1.807, 2.05) is 0 Å². The van der Waals surface area contributed by atoms with Crippen LogP contribution in [0.25, 0.3) is 0 Å². The van der Waals surface area contributed by atoms with Gasteiger partial charge in [0.2, 0.25) is 0 Å². The predicted molar refractivity (Wildman–Crippen MR) is 51.7 cm³/mol. The van der Waals surface area contributed by atoms with E-state index < -0.39 is 0 Å². The maximum absolute atomic E-state index is 4.61. The lowest BCUT2D eigenvalue weighted by molar-refractivity contribution is 0.371. The average molecular weight is 178 g/mol. The highest BCUT2D eigenvalue weighted by molar-refractivity contribution is 7.09. The first-order chi connectivity index (χ1) is 5.41. The van der Waals surface area contributed by atoms with Crippen molar-refractivity contribution in [3.63, 3.8) is 0 Å². The van der Waals surface area contributed by atoms with Gasteiger partial charge in [0.15, 0.2) is 0 Å². The molecule has 0 bridgehead atoms. The molecule has 68 valence electrons. The zero-order chi connectivity index (χ0) is 8.36. The van der Waals surface area contributed by atoms with Crippen molar-refractivity contribution in [3.8, 4) is 0 Å². The topological polar surface area (TPSA) is 33.3 Å². The number of hydrogen-bond acceptors (Lipinski definition) is 3. The van der Waals surface area contributed by atoms with Crippen molar-refractivity contribution in [2.24, 2.45) is 0 Å². The van der Waals surface area contributed by atoms with Crippen LogP contribution in [0.1, 0.15) is 13.3 Å². The van der Waals surface area contributed by atoms with Gasteiger partial charge < -0.3 is 15.2 Å². The van der Waals surface area contributed by atoms with Crippen LogP contribution in [0, 0.1) is 0 Å². The minimum atomic E-state index is 0.852. The van der Waals surface area contributed by atoms with Crippen LogP contribution < -0.4 is 10.6 Å². The minimum absolute atomic E-state index is 0.852. The smallest absolute Gasteiger partial charge is 0.0499 e. The van der Waals surface area contributed by atoms with E-state index >= 15 is 0 Å². The van der Waals surface area contributed by atoms with Gasteiger partial charge in [0.25, 0.3) is 0 Å². The standard InChI is InChI=1S/C4H10N2.C3H9OP/c1-2-6-4-3-5-1;1-2-3-4-5/h5-6H,1-4H2;2-3,5H2,1H3. The number of piperazine rings is 1. The molecule has 1 aliphatic rings. The minimum Gasteiger partial charge on any atom is -0.366 e. The van der Waals surface area contributed by atoms with Gasteiger partial charge in [0.05, 0.1) is 0 Å². The van der Waals surface area contributed by atoms with Crippen molar-refractivity contribution in [2.45, 2.75) is 13.3 Å². The highest BCUT2D eigenvalue weighted by atomic mass is 31.0. The Morgan fingerprint density at radius 2 is 1.64 bits per heavy atom. The molecule has 0 saturated carbocycles. The van der Waals surface area contributed by atoms with Crippen LogP contribution in [0.3, 0.4) is 0 Å². The van der Waals surface area contributed by atoms with Crippen LogP contribution in [-0.4, -0.2) is 32.8 Å². The van der Waals surface area contributed by atoms with E-state index in [0.717, 1.165) is 39.2 Å². The van der Waals surface area contributed by atoms with Gasteiger partial charge in [-0.1, -0.05) is 6.92 Å². The second-order valence-corrected chi connectivity index (χ2v) is 2.70. The molecule has 3 nitrogen and oxygen atoms in total. The van der Waals surface area contributed by atoms with Gasteiger partial charge in [-0.25, -0.2) is 0 Å². The van der Waals surface area contributed by atoms with E-state index in [1.54, 1.807) is 0 Å². The molecule has 0 aromatic heterocycles. The summed E-state index contributed by atoms with van der Waals surface area (Å²) in [5.74, 6) is 0. The molecule has 0 aliphatic carbocycles. The molecule has 11 heavy (non-hydrogen) atoms. The van der Waals surface area contributed by atoms with Crippen molar-refractivity contribution in [3.05, 3.63) is 0 Å². The molecule has 0 spiro atoms. The summed E-state index contributed by atoms with van der Waals surface area (Å²) < 4.78 is 4.61. The first kappa shape index (κ1) is 11.3. The molecule has 0 aromatic rings. The van der Waals surface area contributed by atoms with E-state index in [0.29, 0.717) is 0 Å². The van der Waals surface area contributed by atoms with Crippen LogP contribution in [-0.2, 0) is 4.52 Å². The van der Waals surface area contributed by atoms with Crippen LogP contribution >= 0.6 is 9.47 Å². The fourth-order valence-corrected chi connectivity index (χ4v) is 0.957. The van der Waals surface area contributed by atoms with Gasteiger partial charge >= 0.3 is 0 Å². The van der Waals surface area contributed by atoms with Gasteiger partial charge in [-0.3, -0.25) is 0 Å². The molecule has 1 unspecified atom stereocenters. The molecular formula is C7H19N2OP. The molecule has 4 heteroatoms. The van der Waals surface area contributed by atoms with Gasteiger partial charge in [0.1, 0.15) is 0 Å². The lowest BCUT2D eigenvalue weighted by Gasteiger charge is -2.11. The second kappa shape index (κ2) is 10.3. The Bertz CT molecular complexity index is 56.0. The molecule has 1 rings (SSSR count). The van der Waals surface area contributed by atoms with E-state index in [9.17, 15) is 0 Å². The monoisotopic (exact) mass is 178 g/mol. The van der Waals surface area contributed by atoms with E-state index in [4.69, 9.17) is 0 Å². The lowest BCUT2D eigenvalue weighted by Crippen LogP contribution is -2.39. The molecule has 0 radical (unpaired) electrons. The third kappa shape index (κ3) is 10.3. The summed E-state index contributed by atoms with van der Waals surface area (Å²) in [5.41, 5.74) is 0. The zero-order valence-electron chi connectivity index (χ0n) is 7.23. The van der Waals surface area contributed by atoms with Crippen LogP contribution in [0.4, 0.5) is 0 Å². The molecular weight excluding hydrogens is 159 g/mol. The Morgan fingerprint density at radius 1 is 1.18 bits per heavy atom. The Balaban J connectivity index is 0.000000187. The molecule has 1 atom stereocenters. The van der Waals surface area contributed by atoms with Gasteiger partial charge in [-0.05, 0) is 6.42 Å². The van der Waals surface area contributed by atoms with Gasteiger partial charge in [-0.2, -0.15) is 0 Å². The summed E-state index contributed by atoms with van der Waals surface area (Å²) in [4.78, 5) is 0. The van der Waals surface area contributed by atoms with Gasteiger partial charge in [-0.15, -0.1) is 0 Å². The van der Waals surface area contributed by atoms with Crippen LogP contribution in [0.15, 0.2) is 0 Å². The van der Waals surface area contributed by atoms with Crippen molar-refractivity contribution >= 4 is 9.47 Å². The first-order valence-corrected chi connectivity index (χ1v) is 4.62. The van der Waals surface area contributed by atoms with Crippen molar-refractivity contribution in [2.75, 3.05) is 32.8 Å². The molecule has 1 heterocycles. The zero-order valence-corrected chi connectivity index (χ0v) is 8.38. The van der Waals surface area contributed by atoms with Crippen molar-refractivity contribution < 1.29 is 4.52 Å². The molecule has 0 aromatic carbocycles. The largest absolute Gasteiger partial charge is 0.366 e. The fraction of sp³-hybridized carbons (Fsp3) is 1.00. The Morgan fingerprint density at radius 3 is 1.73 bits per heavy atom. The van der Waals surface area contributed by atoms with E-state index in [-0.39, 0.29) is 0 Å². The highest BCUT2D eigenvalue weighted by Gasteiger charge is 1.91. The summed E-state index contributed by atoms with van der Waals surface area (Å²) >= 11 is 0. The predicted octanol–water partition coefficient (Wildman–Crippen LogP) is 0.382. The van der Waals surface area contributed by atoms with Crippen molar-refractivity contribution in [1.29, 1.82) is 0 Å². The fourth-order valence-electron chi connectivity index (χ4n) is 0.721. The molecule has 1 saturated heterocycles. The summed E-state index contributed by atoms with van der Waals surface area (Å²) in [6.45, 7) is 7.48. The van der Waals surface area contributed by atoms with E-state index in [2.05, 4.69) is 31.5 Å². The highest BCUT2D eigenvalue weighted by Crippen LogP contribution is 1.84. The van der Waals surface area contributed by atoms with Crippen molar-refractivity contribution in [1.82, 2.24) is 10.6 Å².